The maximum Gasteiger partial charge on any atom is 0.0949 e. The standard InChI is InChI=1S/C10H18N4/c1-3-8-10-9(12-6-14(10)2)4-7(5-11)13-8/h6-8,13H,3-5,11H2,1-2H3. The lowest BCUT2D eigenvalue weighted by molar-refractivity contribution is 0.383. The number of fused-ring (bicyclic) bond motifs is 1. The van der Waals surface area contributed by atoms with Crippen LogP contribution < -0.4 is 11.1 Å². The summed E-state index contributed by atoms with van der Waals surface area (Å²) in [6, 6.07) is 0.808. The van der Waals surface area contributed by atoms with Gasteiger partial charge in [-0.1, -0.05) is 6.92 Å². The molecule has 0 amide bonds. The van der Waals surface area contributed by atoms with Crippen LogP contribution >= 0.6 is 0 Å². The Kier molecular flexibility index (Phi) is 2.56. The quantitative estimate of drug-likeness (QED) is 0.714. The molecular weight excluding hydrogens is 176 g/mol. The first-order valence-corrected chi connectivity index (χ1v) is 5.22. The molecule has 2 unspecified atom stereocenters. The molecule has 3 N–H and O–H groups in total. The number of nitrogens with one attached hydrogen (secondary N) is 1. The summed E-state index contributed by atoms with van der Waals surface area (Å²) in [7, 11) is 2.05. The molecule has 0 aromatic carbocycles. The first-order valence-electron chi connectivity index (χ1n) is 5.22. The molecule has 78 valence electrons. The first-order chi connectivity index (χ1) is 6.76. The van der Waals surface area contributed by atoms with E-state index in [1.165, 1.54) is 11.4 Å². The first kappa shape index (κ1) is 9.68. The third kappa shape index (κ3) is 1.44. The van der Waals surface area contributed by atoms with Crippen LogP contribution in [0.4, 0.5) is 0 Å². The van der Waals surface area contributed by atoms with Crippen molar-refractivity contribution in [2.75, 3.05) is 6.54 Å². The van der Waals surface area contributed by atoms with Crippen molar-refractivity contribution in [2.45, 2.75) is 31.8 Å². The number of rotatable bonds is 2. The van der Waals surface area contributed by atoms with Gasteiger partial charge in [-0.15, -0.1) is 0 Å². The van der Waals surface area contributed by atoms with Gasteiger partial charge in [-0.2, -0.15) is 0 Å². The average Bonchev–Trinajstić information content (AvgIpc) is 2.59. The molecule has 1 aliphatic heterocycles. The molecule has 1 aliphatic rings. The fourth-order valence-electron chi connectivity index (χ4n) is 2.21. The number of hydrogen-bond acceptors (Lipinski definition) is 3. The minimum Gasteiger partial charge on any atom is -0.336 e. The highest BCUT2D eigenvalue weighted by molar-refractivity contribution is 5.22. The summed E-state index contributed by atoms with van der Waals surface area (Å²) in [5, 5.41) is 3.55. The lowest BCUT2D eigenvalue weighted by atomic mass is 9.97. The summed E-state index contributed by atoms with van der Waals surface area (Å²) in [6.45, 7) is 2.87. The predicted molar refractivity (Wildman–Crippen MR) is 55.9 cm³/mol. The van der Waals surface area contributed by atoms with E-state index >= 15 is 0 Å². The highest BCUT2D eigenvalue weighted by atomic mass is 15.1. The summed E-state index contributed by atoms with van der Waals surface area (Å²) in [5.41, 5.74) is 8.23. The van der Waals surface area contributed by atoms with Gasteiger partial charge in [-0.25, -0.2) is 4.98 Å². The van der Waals surface area contributed by atoms with Crippen molar-refractivity contribution in [3.63, 3.8) is 0 Å². The molecule has 2 rings (SSSR count). The van der Waals surface area contributed by atoms with Gasteiger partial charge in [-0.3, -0.25) is 0 Å². The zero-order valence-electron chi connectivity index (χ0n) is 8.83. The summed E-state index contributed by atoms with van der Waals surface area (Å²) in [6.07, 6.45) is 3.94. The van der Waals surface area contributed by atoms with Crippen molar-refractivity contribution in [1.82, 2.24) is 14.9 Å². The Morgan fingerprint density at radius 2 is 2.50 bits per heavy atom. The van der Waals surface area contributed by atoms with Crippen LogP contribution in [0.1, 0.15) is 30.8 Å². The smallest absolute Gasteiger partial charge is 0.0949 e. The van der Waals surface area contributed by atoms with Crippen molar-refractivity contribution in [2.24, 2.45) is 12.8 Å². The summed E-state index contributed by atoms with van der Waals surface area (Å²) in [5.74, 6) is 0. The fourth-order valence-corrected chi connectivity index (χ4v) is 2.21. The van der Waals surface area contributed by atoms with E-state index in [0.29, 0.717) is 18.6 Å². The highest BCUT2D eigenvalue weighted by Crippen LogP contribution is 2.25. The van der Waals surface area contributed by atoms with Crippen molar-refractivity contribution in [1.29, 1.82) is 0 Å². The Hall–Kier alpha value is -0.870. The molecule has 1 aromatic heterocycles. The number of hydrogen-bond donors (Lipinski definition) is 2. The average molecular weight is 194 g/mol. The Morgan fingerprint density at radius 1 is 1.71 bits per heavy atom. The van der Waals surface area contributed by atoms with Gasteiger partial charge in [0.2, 0.25) is 0 Å². The Balaban J connectivity index is 2.33. The summed E-state index contributed by atoms with van der Waals surface area (Å²) >= 11 is 0. The third-order valence-electron chi connectivity index (χ3n) is 2.96. The minimum absolute atomic E-state index is 0.391. The molecule has 0 radical (unpaired) electrons. The molecule has 1 aromatic rings. The second-order valence-corrected chi connectivity index (χ2v) is 3.95. The zero-order valence-corrected chi connectivity index (χ0v) is 8.83. The van der Waals surface area contributed by atoms with Gasteiger partial charge in [0.05, 0.1) is 17.7 Å². The highest BCUT2D eigenvalue weighted by Gasteiger charge is 2.27. The molecule has 2 heterocycles. The predicted octanol–water partition coefficient (Wildman–Crippen LogP) is 0.344. The van der Waals surface area contributed by atoms with Crippen molar-refractivity contribution < 1.29 is 0 Å². The molecule has 0 saturated carbocycles. The van der Waals surface area contributed by atoms with Gasteiger partial charge >= 0.3 is 0 Å². The lowest BCUT2D eigenvalue weighted by Crippen LogP contribution is -2.44. The Labute approximate surface area is 84.5 Å². The van der Waals surface area contributed by atoms with Crippen LogP contribution in [0.25, 0.3) is 0 Å². The number of aromatic nitrogens is 2. The van der Waals surface area contributed by atoms with Crippen molar-refractivity contribution in [3.05, 3.63) is 17.7 Å². The van der Waals surface area contributed by atoms with E-state index in [-0.39, 0.29) is 0 Å². The maximum absolute atomic E-state index is 5.69. The molecule has 0 fully saturated rings. The van der Waals surface area contributed by atoms with Crippen LogP contribution in [0.5, 0.6) is 0 Å². The summed E-state index contributed by atoms with van der Waals surface area (Å²) in [4.78, 5) is 4.42. The normalized spacial score (nSPS) is 26.2. The van der Waals surface area contributed by atoms with Gasteiger partial charge in [0, 0.05) is 32.1 Å². The maximum atomic E-state index is 5.69. The van der Waals surface area contributed by atoms with Crippen LogP contribution in [0.15, 0.2) is 6.33 Å². The third-order valence-corrected chi connectivity index (χ3v) is 2.96. The van der Waals surface area contributed by atoms with E-state index in [4.69, 9.17) is 5.73 Å². The second-order valence-electron chi connectivity index (χ2n) is 3.95. The molecular formula is C10H18N4. The monoisotopic (exact) mass is 194 g/mol. The molecule has 0 spiro atoms. The number of nitrogens with zero attached hydrogens (tertiary/aromatic N) is 2. The van der Waals surface area contributed by atoms with Crippen LogP contribution in [0, 0.1) is 0 Å². The van der Waals surface area contributed by atoms with E-state index in [2.05, 4.69) is 28.8 Å². The van der Waals surface area contributed by atoms with Gasteiger partial charge in [0.25, 0.3) is 0 Å². The van der Waals surface area contributed by atoms with Crippen molar-refractivity contribution in [3.8, 4) is 0 Å². The van der Waals surface area contributed by atoms with Crippen LogP contribution in [0.2, 0.25) is 0 Å². The fraction of sp³-hybridized carbons (Fsp3) is 0.700. The topological polar surface area (TPSA) is 55.9 Å². The molecule has 0 bridgehead atoms. The number of imidazole rings is 1. The number of aryl methyl sites for hydroxylation is 1. The Morgan fingerprint density at radius 3 is 3.14 bits per heavy atom. The molecule has 14 heavy (non-hydrogen) atoms. The van der Waals surface area contributed by atoms with Gasteiger partial charge in [0.15, 0.2) is 0 Å². The lowest BCUT2D eigenvalue weighted by Gasteiger charge is -2.30. The number of nitrogens with two attached hydrogens (primary N) is 1. The van der Waals surface area contributed by atoms with E-state index in [1.807, 2.05) is 6.33 Å². The molecule has 4 heteroatoms. The second kappa shape index (κ2) is 3.71. The van der Waals surface area contributed by atoms with E-state index in [1.54, 1.807) is 0 Å². The van der Waals surface area contributed by atoms with Crippen LogP contribution in [-0.4, -0.2) is 22.1 Å². The molecule has 0 saturated heterocycles. The van der Waals surface area contributed by atoms with E-state index in [9.17, 15) is 0 Å². The van der Waals surface area contributed by atoms with Gasteiger partial charge in [-0.05, 0) is 6.42 Å². The van der Waals surface area contributed by atoms with Crippen molar-refractivity contribution >= 4 is 0 Å². The molecule has 4 nitrogen and oxygen atoms in total. The van der Waals surface area contributed by atoms with Crippen LogP contribution in [-0.2, 0) is 13.5 Å². The SMILES string of the molecule is CCC1NC(CN)Cc2ncn(C)c21. The van der Waals surface area contributed by atoms with E-state index in [0.717, 1.165) is 12.8 Å². The molecule has 2 atom stereocenters. The van der Waals surface area contributed by atoms with Gasteiger partial charge < -0.3 is 15.6 Å². The minimum atomic E-state index is 0.391. The van der Waals surface area contributed by atoms with Gasteiger partial charge in [0.1, 0.15) is 0 Å². The van der Waals surface area contributed by atoms with E-state index < -0.39 is 0 Å². The zero-order chi connectivity index (χ0) is 10.1. The Bertz CT molecular complexity index is 318. The molecule has 0 aliphatic carbocycles. The van der Waals surface area contributed by atoms with Crippen LogP contribution in [0.3, 0.4) is 0 Å². The summed E-state index contributed by atoms with van der Waals surface area (Å²) < 4.78 is 2.11. The largest absolute Gasteiger partial charge is 0.336 e.